The summed E-state index contributed by atoms with van der Waals surface area (Å²) in [5.41, 5.74) is 2.79. The zero-order valence-electron chi connectivity index (χ0n) is 22.5. The van der Waals surface area contributed by atoms with E-state index in [2.05, 4.69) is 13.8 Å². The quantitative estimate of drug-likeness (QED) is 0.242. The molecule has 7 heteroatoms. The van der Waals surface area contributed by atoms with Crippen molar-refractivity contribution in [2.45, 2.75) is 45.6 Å². The summed E-state index contributed by atoms with van der Waals surface area (Å²) in [5, 5.41) is 0. The first-order valence-corrected chi connectivity index (χ1v) is 12.8. The van der Waals surface area contributed by atoms with Crippen LogP contribution in [0.15, 0.2) is 78.9 Å². The first-order valence-electron chi connectivity index (χ1n) is 12.8. The highest BCUT2D eigenvalue weighted by atomic mass is 16.7. The monoisotopic (exact) mass is 517 g/mol. The fourth-order valence-corrected chi connectivity index (χ4v) is 5.13. The number of ether oxygens (including phenoxy) is 4. The molecule has 1 saturated heterocycles. The molecule has 1 aliphatic heterocycles. The molecule has 0 saturated carbocycles. The molecule has 1 amide bonds. The summed E-state index contributed by atoms with van der Waals surface area (Å²) < 4.78 is 21.6. The lowest BCUT2D eigenvalue weighted by Gasteiger charge is -2.54. The van der Waals surface area contributed by atoms with Gasteiger partial charge in [0.25, 0.3) is 0 Å². The van der Waals surface area contributed by atoms with Gasteiger partial charge in [0.2, 0.25) is 5.91 Å². The lowest BCUT2D eigenvalue weighted by Crippen LogP contribution is -2.67. The fraction of sp³-hybridized carbons (Fsp3) is 0.355. The van der Waals surface area contributed by atoms with Gasteiger partial charge < -0.3 is 23.8 Å². The molecule has 0 N–H and O–H groups in total. The number of hydrogen-bond donors (Lipinski definition) is 0. The number of benzene rings is 3. The molecule has 1 heterocycles. The molecule has 0 aromatic heterocycles. The highest BCUT2D eigenvalue weighted by molar-refractivity contribution is 5.88. The van der Waals surface area contributed by atoms with Crippen LogP contribution < -0.4 is 9.47 Å². The zero-order valence-corrected chi connectivity index (χ0v) is 22.5. The van der Waals surface area contributed by atoms with Gasteiger partial charge in [-0.05, 0) is 53.8 Å². The number of carbonyl (C=O) groups is 2. The Bertz CT molecular complexity index is 1160. The summed E-state index contributed by atoms with van der Waals surface area (Å²) in [6.45, 7) is 6.03. The molecular formula is C31H35NO6. The number of nitrogens with zero attached hydrogens (tertiary/aromatic N) is 1. The van der Waals surface area contributed by atoms with Crippen LogP contribution >= 0.6 is 0 Å². The number of likely N-dealkylation sites (tertiary alicyclic amines) is 1. The summed E-state index contributed by atoms with van der Waals surface area (Å²) in [4.78, 5) is 28.1. The standard InChI is InChI=1S/C31H35NO6/c1-20(2)28-27(21(3)38-31(34)37-19-22-9-7-6-8-10-22)30(33)32(28)29(23-11-15-25(35-4)16-12-23)24-13-17-26(36-5)18-14-24/h6-18,20-21,27-29H,19H2,1-5H3/t21-,27-,28+/m1/s1. The predicted molar refractivity (Wildman–Crippen MR) is 144 cm³/mol. The highest BCUT2D eigenvalue weighted by Crippen LogP contribution is 2.44. The maximum Gasteiger partial charge on any atom is 0.508 e. The Kier molecular flexibility index (Phi) is 8.56. The molecule has 4 rings (SSSR count). The second-order valence-electron chi connectivity index (χ2n) is 9.80. The molecule has 3 aromatic rings. The molecule has 0 radical (unpaired) electrons. The van der Waals surface area contributed by atoms with Crippen molar-refractivity contribution in [2.24, 2.45) is 11.8 Å². The molecule has 0 spiro atoms. The summed E-state index contributed by atoms with van der Waals surface area (Å²) in [6, 6.07) is 24.4. The first-order chi connectivity index (χ1) is 18.3. The summed E-state index contributed by atoms with van der Waals surface area (Å²) >= 11 is 0. The largest absolute Gasteiger partial charge is 0.508 e. The molecule has 0 aliphatic carbocycles. The highest BCUT2D eigenvalue weighted by Gasteiger charge is 2.55. The minimum Gasteiger partial charge on any atom is -0.497 e. The van der Waals surface area contributed by atoms with Crippen LogP contribution in [0.4, 0.5) is 4.79 Å². The van der Waals surface area contributed by atoms with Crippen molar-refractivity contribution >= 4 is 12.1 Å². The fourth-order valence-electron chi connectivity index (χ4n) is 5.13. The predicted octanol–water partition coefficient (Wildman–Crippen LogP) is 6.02. The molecule has 1 aliphatic rings. The SMILES string of the molecule is COc1ccc(C(c2ccc(OC)cc2)N2C(=O)[C@H]([C@@H](C)OC(=O)OCc3ccccc3)[C@@H]2C(C)C)cc1. The van der Waals surface area contributed by atoms with Gasteiger partial charge in [-0.1, -0.05) is 68.4 Å². The Balaban J connectivity index is 1.55. The van der Waals surface area contributed by atoms with E-state index in [4.69, 9.17) is 18.9 Å². The van der Waals surface area contributed by atoms with Gasteiger partial charge in [0.05, 0.1) is 32.2 Å². The van der Waals surface area contributed by atoms with E-state index in [1.807, 2.05) is 83.8 Å². The number of β-lactam (4-membered cyclic amide) rings is 1. The van der Waals surface area contributed by atoms with Crippen molar-refractivity contribution in [1.82, 2.24) is 4.90 Å². The normalized spacial score (nSPS) is 17.7. The van der Waals surface area contributed by atoms with Crippen molar-refractivity contribution in [2.75, 3.05) is 14.2 Å². The zero-order chi connectivity index (χ0) is 27.2. The van der Waals surface area contributed by atoms with Crippen LogP contribution in [0.3, 0.4) is 0 Å². The Hall–Kier alpha value is -4.00. The lowest BCUT2D eigenvalue weighted by atomic mass is 9.74. The van der Waals surface area contributed by atoms with E-state index in [0.29, 0.717) is 0 Å². The maximum atomic E-state index is 13.8. The Morgan fingerprint density at radius 2 is 1.34 bits per heavy atom. The van der Waals surface area contributed by atoms with Gasteiger partial charge in [0.15, 0.2) is 0 Å². The molecule has 7 nitrogen and oxygen atoms in total. The van der Waals surface area contributed by atoms with Crippen LogP contribution in [0.1, 0.15) is 43.5 Å². The van der Waals surface area contributed by atoms with Gasteiger partial charge >= 0.3 is 6.16 Å². The second-order valence-corrected chi connectivity index (χ2v) is 9.80. The first kappa shape index (κ1) is 27.0. The number of methoxy groups -OCH3 is 2. The average Bonchev–Trinajstić information content (AvgIpc) is 2.93. The van der Waals surface area contributed by atoms with Crippen LogP contribution in [0, 0.1) is 11.8 Å². The van der Waals surface area contributed by atoms with Crippen LogP contribution in [0.25, 0.3) is 0 Å². The van der Waals surface area contributed by atoms with E-state index in [9.17, 15) is 9.59 Å². The minimum atomic E-state index is -0.781. The molecular weight excluding hydrogens is 482 g/mol. The van der Waals surface area contributed by atoms with Gasteiger partial charge in [-0.2, -0.15) is 0 Å². The van der Waals surface area contributed by atoms with E-state index >= 15 is 0 Å². The van der Waals surface area contributed by atoms with Crippen molar-refractivity contribution in [3.8, 4) is 11.5 Å². The molecule has 200 valence electrons. The number of rotatable bonds is 10. The second kappa shape index (κ2) is 12.0. The lowest BCUT2D eigenvalue weighted by molar-refractivity contribution is -0.173. The van der Waals surface area contributed by atoms with Gasteiger partial charge in [-0.25, -0.2) is 4.79 Å². The van der Waals surface area contributed by atoms with Crippen LogP contribution in [-0.4, -0.2) is 43.3 Å². The van der Waals surface area contributed by atoms with Crippen molar-refractivity contribution in [3.63, 3.8) is 0 Å². The molecule has 3 aromatic carbocycles. The van der Waals surface area contributed by atoms with Gasteiger partial charge in [-0.15, -0.1) is 0 Å². The molecule has 1 fully saturated rings. The number of hydrogen-bond acceptors (Lipinski definition) is 6. The van der Waals surface area contributed by atoms with E-state index < -0.39 is 18.2 Å². The van der Waals surface area contributed by atoms with Crippen molar-refractivity contribution in [3.05, 3.63) is 95.6 Å². The topological polar surface area (TPSA) is 74.3 Å². The summed E-state index contributed by atoms with van der Waals surface area (Å²) in [5.74, 6) is 1.07. The Labute approximate surface area is 224 Å². The van der Waals surface area contributed by atoms with E-state index in [1.54, 1.807) is 21.1 Å². The van der Waals surface area contributed by atoms with E-state index in [-0.39, 0.29) is 30.5 Å². The third kappa shape index (κ3) is 5.77. The van der Waals surface area contributed by atoms with E-state index in [1.165, 1.54) is 0 Å². The summed E-state index contributed by atoms with van der Waals surface area (Å²) in [7, 11) is 3.25. The smallest absolute Gasteiger partial charge is 0.497 e. The summed E-state index contributed by atoms with van der Waals surface area (Å²) in [6.07, 6.45) is -1.42. The van der Waals surface area contributed by atoms with Gasteiger partial charge in [0.1, 0.15) is 24.2 Å². The van der Waals surface area contributed by atoms with Crippen LogP contribution in [-0.2, 0) is 20.9 Å². The van der Waals surface area contributed by atoms with Gasteiger partial charge in [0, 0.05) is 0 Å². The molecule has 0 bridgehead atoms. The van der Waals surface area contributed by atoms with E-state index in [0.717, 1.165) is 28.2 Å². The van der Waals surface area contributed by atoms with Gasteiger partial charge in [-0.3, -0.25) is 4.79 Å². The minimum absolute atomic E-state index is 0.0660. The molecule has 38 heavy (non-hydrogen) atoms. The average molecular weight is 518 g/mol. The number of amides is 1. The van der Waals surface area contributed by atoms with Crippen LogP contribution in [0.2, 0.25) is 0 Å². The molecule has 3 atom stereocenters. The van der Waals surface area contributed by atoms with Crippen LogP contribution in [0.5, 0.6) is 11.5 Å². The maximum absolute atomic E-state index is 13.8. The third-order valence-electron chi connectivity index (χ3n) is 7.04. The number of carbonyl (C=O) groups excluding carboxylic acids is 2. The molecule has 0 unspecified atom stereocenters. The van der Waals surface area contributed by atoms with Crippen molar-refractivity contribution in [1.29, 1.82) is 0 Å². The Morgan fingerprint density at radius 1 is 0.816 bits per heavy atom. The Morgan fingerprint density at radius 3 is 1.82 bits per heavy atom. The van der Waals surface area contributed by atoms with Crippen molar-refractivity contribution < 1.29 is 28.5 Å². The third-order valence-corrected chi connectivity index (χ3v) is 7.04.